The standard InChI is InChI=1S/C19H16F2N6/c1-12-9-17(25(2)11-16-23-7-8-26(16)19(20)21)27-15-6-4-3-5-14(15)24-18(27)13(12)10-22/h3-9,19H,11H2,1-2H3. The average molecular weight is 366 g/mol. The summed E-state index contributed by atoms with van der Waals surface area (Å²) in [5.74, 6) is 1.01. The summed E-state index contributed by atoms with van der Waals surface area (Å²) in [7, 11) is 1.81. The first-order chi connectivity index (χ1) is 13.0. The van der Waals surface area contributed by atoms with Crippen LogP contribution in [0.3, 0.4) is 0 Å². The van der Waals surface area contributed by atoms with Crippen LogP contribution in [0.4, 0.5) is 14.6 Å². The van der Waals surface area contributed by atoms with Crippen molar-refractivity contribution in [3.63, 3.8) is 0 Å². The number of para-hydroxylation sites is 2. The van der Waals surface area contributed by atoms with Crippen molar-refractivity contribution in [1.82, 2.24) is 18.9 Å². The van der Waals surface area contributed by atoms with Gasteiger partial charge >= 0.3 is 6.55 Å². The number of fused-ring (bicyclic) bond motifs is 3. The zero-order chi connectivity index (χ0) is 19.1. The smallest absolute Gasteiger partial charge is 0.319 e. The van der Waals surface area contributed by atoms with E-state index in [0.29, 0.717) is 11.2 Å². The van der Waals surface area contributed by atoms with Crippen molar-refractivity contribution in [2.24, 2.45) is 0 Å². The van der Waals surface area contributed by atoms with Crippen LogP contribution in [0.2, 0.25) is 0 Å². The minimum atomic E-state index is -2.65. The van der Waals surface area contributed by atoms with Gasteiger partial charge in [0, 0.05) is 19.4 Å². The highest BCUT2D eigenvalue weighted by atomic mass is 19.3. The molecule has 0 saturated carbocycles. The Hall–Kier alpha value is -3.47. The molecule has 27 heavy (non-hydrogen) atoms. The Morgan fingerprint density at radius 2 is 2.07 bits per heavy atom. The van der Waals surface area contributed by atoms with Crippen LogP contribution in [0, 0.1) is 18.3 Å². The zero-order valence-corrected chi connectivity index (χ0v) is 14.8. The summed E-state index contributed by atoms with van der Waals surface area (Å²) in [6.45, 7) is -0.618. The molecule has 0 aliphatic heterocycles. The number of aryl methyl sites for hydroxylation is 1. The van der Waals surface area contributed by atoms with Gasteiger partial charge in [0.15, 0.2) is 5.65 Å². The summed E-state index contributed by atoms with van der Waals surface area (Å²) >= 11 is 0. The molecule has 6 nitrogen and oxygen atoms in total. The quantitative estimate of drug-likeness (QED) is 0.550. The number of pyridine rings is 1. The minimum absolute atomic E-state index is 0.185. The van der Waals surface area contributed by atoms with Gasteiger partial charge in [-0.15, -0.1) is 0 Å². The number of benzene rings is 1. The molecule has 0 N–H and O–H groups in total. The van der Waals surface area contributed by atoms with Crippen molar-refractivity contribution in [1.29, 1.82) is 5.26 Å². The van der Waals surface area contributed by atoms with Gasteiger partial charge in [-0.3, -0.25) is 8.97 Å². The molecular weight excluding hydrogens is 350 g/mol. The van der Waals surface area contributed by atoms with Gasteiger partial charge in [0.1, 0.15) is 17.7 Å². The van der Waals surface area contributed by atoms with Crippen molar-refractivity contribution in [2.75, 3.05) is 11.9 Å². The molecule has 0 aliphatic rings. The number of halogens is 2. The average Bonchev–Trinajstić information content (AvgIpc) is 3.25. The highest BCUT2D eigenvalue weighted by molar-refractivity contribution is 5.85. The lowest BCUT2D eigenvalue weighted by molar-refractivity contribution is 0.0670. The van der Waals surface area contributed by atoms with Gasteiger partial charge in [-0.2, -0.15) is 14.0 Å². The number of nitrogens with zero attached hydrogens (tertiary/aromatic N) is 6. The Kier molecular flexibility index (Phi) is 4.00. The first-order valence-corrected chi connectivity index (χ1v) is 8.33. The highest BCUT2D eigenvalue weighted by Crippen LogP contribution is 2.29. The van der Waals surface area contributed by atoms with Gasteiger partial charge < -0.3 is 4.90 Å². The number of hydrogen-bond acceptors (Lipinski definition) is 4. The molecule has 0 radical (unpaired) electrons. The molecule has 0 fully saturated rings. The lowest BCUT2D eigenvalue weighted by Crippen LogP contribution is -2.22. The van der Waals surface area contributed by atoms with Crippen LogP contribution in [0.1, 0.15) is 23.5 Å². The molecule has 4 aromatic rings. The van der Waals surface area contributed by atoms with Crippen LogP contribution in [0.5, 0.6) is 0 Å². The maximum Gasteiger partial charge on any atom is 0.319 e. The van der Waals surface area contributed by atoms with Crippen LogP contribution in [0.25, 0.3) is 16.7 Å². The van der Waals surface area contributed by atoms with E-state index in [9.17, 15) is 14.0 Å². The molecule has 0 unspecified atom stereocenters. The minimum Gasteiger partial charge on any atom is -0.353 e. The third-order valence-electron chi connectivity index (χ3n) is 4.59. The molecule has 0 spiro atoms. The second kappa shape index (κ2) is 6.36. The van der Waals surface area contributed by atoms with E-state index in [-0.39, 0.29) is 12.4 Å². The molecule has 4 rings (SSSR count). The first-order valence-electron chi connectivity index (χ1n) is 8.33. The fraction of sp³-hybridized carbons (Fsp3) is 0.211. The Bertz CT molecular complexity index is 1180. The number of nitriles is 1. The van der Waals surface area contributed by atoms with E-state index in [1.165, 1.54) is 12.4 Å². The monoisotopic (exact) mass is 366 g/mol. The molecular formula is C19H16F2N6. The van der Waals surface area contributed by atoms with E-state index in [0.717, 1.165) is 27.0 Å². The van der Waals surface area contributed by atoms with E-state index in [1.807, 2.05) is 46.6 Å². The molecule has 136 valence electrons. The maximum atomic E-state index is 13.1. The van der Waals surface area contributed by atoms with Crippen molar-refractivity contribution in [3.05, 3.63) is 59.7 Å². The van der Waals surface area contributed by atoms with Gasteiger partial charge in [0.2, 0.25) is 0 Å². The third kappa shape index (κ3) is 2.68. The lowest BCUT2D eigenvalue weighted by atomic mass is 10.1. The van der Waals surface area contributed by atoms with E-state index in [2.05, 4.69) is 16.0 Å². The molecule has 0 bridgehead atoms. The number of anilines is 1. The zero-order valence-electron chi connectivity index (χ0n) is 14.8. The van der Waals surface area contributed by atoms with Crippen molar-refractivity contribution >= 4 is 22.5 Å². The van der Waals surface area contributed by atoms with Crippen molar-refractivity contribution < 1.29 is 8.78 Å². The van der Waals surface area contributed by atoms with E-state index in [1.54, 1.807) is 7.05 Å². The van der Waals surface area contributed by atoms with Gasteiger partial charge in [-0.05, 0) is 30.7 Å². The molecule has 0 amide bonds. The summed E-state index contributed by atoms with van der Waals surface area (Å²) < 4.78 is 29.0. The Balaban J connectivity index is 1.91. The van der Waals surface area contributed by atoms with E-state index < -0.39 is 6.55 Å². The second-order valence-corrected chi connectivity index (χ2v) is 6.32. The third-order valence-corrected chi connectivity index (χ3v) is 4.59. The van der Waals surface area contributed by atoms with Crippen LogP contribution in [-0.4, -0.2) is 26.0 Å². The van der Waals surface area contributed by atoms with Crippen LogP contribution >= 0.6 is 0 Å². The highest BCUT2D eigenvalue weighted by Gasteiger charge is 2.19. The molecule has 3 aromatic heterocycles. The molecule has 0 saturated heterocycles. The van der Waals surface area contributed by atoms with Crippen molar-refractivity contribution in [2.45, 2.75) is 20.0 Å². The van der Waals surface area contributed by atoms with E-state index in [4.69, 9.17) is 0 Å². The predicted octanol–water partition coefficient (Wildman–Crippen LogP) is 3.90. The number of rotatable bonds is 4. The number of imidazole rings is 2. The summed E-state index contributed by atoms with van der Waals surface area (Å²) in [5, 5.41) is 9.56. The summed E-state index contributed by atoms with van der Waals surface area (Å²) in [4.78, 5) is 10.5. The number of hydrogen-bond donors (Lipinski definition) is 0. The number of alkyl halides is 2. The molecule has 0 aliphatic carbocycles. The topological polar surface area (TPSA) is 62.1 Å². The summed E-state index contributed by atoms with van der Waals surface area (Å²) in [6.07, 6.45) is 2.63. The first kappa shape index (κ1) is 17.0. The molecule has 8 heteroatoms. The summed E-state index contributed by atoms with van der Waals surface area (Å²) in [5.41, 5.74) is 3.45. The summed E-state index contributed by atoms with van der Waals surface area (Å²) in [6, 6.07) is 11.7. The largest absolute Gasteiger partial charge is 0.353 e. The van der Waals surface area contributed by atoms with Crippen LogP contribution < -0.4 is 4.90 Å². The molecule has 0 atom stereocenters. The van der Waals surface area contributed by atoms with Gasteiger partial charge in [0.05, 0.1) is 23.1 Å². The van der Waals surface area contributed by atoms with Crippen LogP contribution in [0.15, 0.2) is 42.7 Å². The van der Waals surface area contributed by atoms with Crippen molar-refractivity contribution in [3.8, 4) is 6.07 Å². The Labute approximate surface area is 153 Å². The van der Waals surface area contributed by atoms with Gasteiger partial charge in [0.25, 0.3) is 0 Å². The Morgan fingerprint density at radius 1 is 1.30 bits per heavy atom. The van der Waals surface area contributed by atoms with Gasteiger partial charge in [-0.25, -0.2) is 9.97 Å². The fourth-order valence-electron chi connectivity index (χ4n) is 3.29. The molecule has 3 heterocycles. The SMILES string of the molecule is Cc1cc(N(C)Cc2nccn2C(F)F)n2c(nc3ccccc32)c1C#N. The second-order valence-electron chi connectivity index (χ2n) is 6.32. The Morgan fingerprint density at radius 3 is 2.81 bits per heavy atom. The normalized spacial score (nSPS) is 11.4. The fourth-order valence-corrected chi connectivity index (χ4v) is 3.29. The van der Waals surface area contributed by atoms with E-state index >= 15 is 0 Å². The van der Waals surface area contributed by atoms with Gasteiger partial charge in [-0.1, -0.05) is 12.1 Å². The number of aromatic nitrogens is 4. The molecule has 1 aromatic carbocycles. The lowest BCUT2D eigenvalue weighted by Gasteiger charge is -2.22. The maximum absolute atomic E-state index is 13.1. The van der Waals surface area contributed by atoms with Crippen LogP contribution in [-0.2, 0) is 6.54 Å². The predicted molar refractivity (Wildman–Crippen MR) is 97.7 cm³/mol.